The molecule has 1 N–H and O–H groups in total. The smallest absolute Gasteiger partial charge is 0.0560 e. The minimum absolute atomic E-state index is 0.408. The second-order valence-electron chi connectivity index (χ2n) is 5.64. The van der Waals surface area contributed by atoms with Crippen molar-refractivity contribution >= 4 is 5.69 Å². The van der Waals surface area contributed by atoms with Crippen molar-refractivity contribution in [1.82, 2.24) is 15.1 Å². The van der Waals surface area contributed by atoms with Gasteiger partial charge in [-0.3, -0.25) is 4.68 Å². The molecule has 1 aliphatic rings. The van der Waals surface area contributed by atoms with Gasteiger partial charge in [-0.15, -0.1) is 0 Å². The number of likely N-dealkylation sites (N-methyl/N-ethyl adjacent to an activating group) is 1. The van der Waals surface area contributed by atoms with E-state index >= 15 is 0 Å². The largest absolute Gasteiger partial charge is 0.374 e. The van der Waals surface area contributed by atoms with Crippen molar-refractivity contribution in [2.24, 2.45) is 0 Å². The van der Waals surface area contributed by atoms with Crippen LogP contribution in [-0.4, -0.2) is 29.4 Å². The zero-order valence-electron chi connectivity index (χ0n) is 12.2. The van der Waals surface area contributed by atoms with Crippen LogP contribution >= 0.6 is 0 Å². The molecule has 1 aliphatic heterocycles. The molecule has 0 radical (unpaired) electrons. The lowest BCUT2D eigenvalue weighted by Crippen LogP contribution is -2.30. The Morgan fingerprint density at radius 3 is 3.10 bits per heavy atom. The van der Waals surface area contributed by atoms with E-state index in [0.29, 0.717) is 6.04 Å². The molecular formula is C16H22N4. The number of hydrogen-bond acceptors (Lipinski definition) is 3. The molecule has 1 atom stereocenters. The Bertz CT molecular complexity index is 562. The monoisotopic (exact) mass is 270 g/mol. The highest BCUT2D eigenvalue weighted by molar-refractivity contribution is 5.58. The van der Waals surface area contributed by atoms with Gasteiger partial charge in [-0.1, -0.05) is 12.1 Å². The fourth-order valence-corrected chi connectivity index (χ4v) is 2.78. The van der Waals surface area contributed by atoms with Crippen molar-refractivity contribution in [3.8, 4) is 0 Å². The summed E-state index contributed by atoms with van der Waals surface area (Å²) in [5.41, 5.74) is 4.23. The number of anilines is 1. The first-order valence-electron chi connectivity index (χ1n) is 7.26. The Balaban J connectivity index is 1.56. The number of benzene rings is 1. The summed E-state index contributed by atoms with van der Waals surface area (Å²) in [6, 6.07) is 9.19. The minimum Gasteiger partial charge on any atom is -0.374 e. The van der Waals surface area contributed by atoms with E-state index in [4.69, 9.17) is 0 Å². The number of rotatable bonds is 5. The lowest BCUT2D eigenvalue weighted by Gasteiger charge is -2.15. The van der Waals surface area contributed by atoms with E-state index < -0.39 is 0 Å². The molecule has 4 heteroatoms. The molecule has 1 aromatic heterocycles. The van der Waals surface area contributed by atoms with Crippen LogP contribution in [0.2, 0.25) is 0 Å². The highest BCUT2D eigenvalue weighted by Gasteiger charge is 2.15. The first kappa shape index (κ1) is 13.2. The summed E-state index contributed by atoms with van der Waals surface area (Å²) < 4.78 is 1.97. The highest BCUT2D eigenvalue weighted by Crippen LogP contribution is 2.27. The summed E-state index contributed by atoms with van der Waals surface area (Å²) in [6.45, 7) is 5.16. The maximum atomic E-state index is 4.24. The first-order valence-corrected chi connectivity index (χ1v) is 7.26. The Labute approximate surface area is 120 Å². The molecule has 0 amide bonds. The van der Waals surface area contributed by atoms with E-state index in [-0.39, 0.29) is 0 Å². The predicted octanol–water partition coefficient (Wildman–Crippen LogP) is 2.05. The number of hydrogen-bond donors (Lipinski definition) is 1. The third-order valence-corrected chi connectivity index (χ3v) is 3.95. The molecular weight excluding hydrogens is 248 g/mol. The van der Waals surface area contributed by atoms with Crippen LogP contribution in [0.5, 0.6) is 0 Å². The van der Waals surface area contributed by atoms with E-state index in [2.05, 4.69) is 47.5 Å². The number of nitrogens with zero attached hydrogens (tertiary/aromatic N) is 3. The van der Waals surface area contributed by atoms with Gasteiger partial charge < -0.3 is 10.2 Å². The van der Waals surface area contributed by atoms with Gasteiger partial charge in [0.2, 0.25) is 0 Å². The second-order valence-corrected chi connectivity index (χ2v) is 5.64. The molecule has 0 bridgehead atoms. The number of nitrogens with one attached hydrogen (secondary N) is 1. The van der Waals surface area contributed by atoms with E-state index in [0.717, 1.165) is 19.6 Å². The van der Waals surface area contributed by atoms with E-state index in [1.54, 1.807) is 0 Å². The van der Waals surface area contributed by atoms with E-state index in [1.807, 2.05) is 23.1 Å². The van der Waals surface area contributed by atoms with Crippen LogP contribution in [0.4, 0.5) is 5.69 Å². The molecule has 0 spiro atoms. The average Bonchev–Trinajstić information content (AvgIpc) is 3.07. The molecule has 4 nitrogen and oxygen atoms in total. The van der Waals surface area contributed by atoms with Crippen LogP contribution < -0.4 is 10.2 Å². The molecule has 1 aromatic carbocycles. The summed E-state index contributed by atoms with van der Waals surface area (Å²) in [5, 5.41) is 7.80. The molecule has 3 rings (SSSR count). The zero-order valence-corrected chi connectivity index (χ0v) is 12.2. The maximum absolute atomic E-state index is 4.24. The van der Waals surface area contributed by atoms with Crippen molar-refractivity contribution in [3.63, 3.8) is 0 Å². The normalized spacial score (nSPS) is 15.4. The molecule has 2 aromatic rings. The van der Waals surface area contributed by atoms with Gasteiger partial charge in [0.25, 0.3) is 0 Å². The lowest BCUT2D eigenvalue weighted by atomic mass is 10.1. The Hall–Kier alpha value is -1.81. The van der Waals surface area contributed by atoms with Crippen LogP contribution in [0, 0.1) is 0 Å². The van der Waals surface area contributed by atoms with Gasteiger partial charge in [-0.2, -0.15) is 5.10 Å². The highest BCUT2D eigenvalue weighted by atomic mass is 15.3. The second kappa shape index (κ2) is 5.67. The van der Waals surface area contributed by atoms with Crippen molar-refractivity contribution in [3.05, 3.63) is 47.8 Å². The number of fused-ring (bicyclic) bond motifs is 1. The minimum atomic E-state index is 0.408. The van der Waals surface area contributed by atoms with Gasteiger partial charge in [0, 0.05) is 44.3 Å². The third kappa shape index (κ3) is 2.85. The molecule has 2 heterocycles. The van der Waals surface area contributed by atoms with Crippen molar-refractivity contribution in [2.75, 3.05) is 18.5 Å². The van der Waals surface area contributed by atoms with Crippen LogP contribution in [-0.2, 0) is 19.5 Å². The number of aromatic nitrogens is 2. The average molecular weight is 270 g/mol. The van der Waals surface area contributed by atoms with Crippen LogP contribution in [0.25, 0.3) is 0 Å². The fourth-order valence-electron chi connectivity index (χ4n) is 2.78. The SMILES string of the molecule is CC(Cn1cccn1)NCc1ccc2c(c1)CCN2C. The maximum Gasteiger partial charge on any atom is 0.0560 e. The zero-order chi connectivity index (χ0) is 13.9. The Morgan fingerprint density at radius 2 is 2.30 bits per heavy atom. The van der Waals surface area contributed by atoms with E-state index in [1.165, 1.54) is 23.2 Å². The molecule has 0 saturated heterocycles. The van der Waals surface area contributed by atoms with Gasteiger partial charge in [-0.05, 0) is 36.6 Å². The molecule has 106 valence electrons. The van der Waals surface area contributed by atoms with Crippen molar-refractivity contribution < 1.29 is 0 Å². The molecule has 1 unspecified atom stereocenters. The Kier molecular flexibility index (Phi) is 3.74. The summed E-state index contributed by atoms with van der Waals surface area (Å²) in [5.74, 6) is 0. The van der Waals surface area contributed by atoms with Crippen molar-refractivity contribution in [2.45, 2.75) is 32.5 Å². The van der Waals surface area contributed by atoms with Gasteiger partial charge >= 0.3 is 0 Å². The van der Waals surface area contributed by atoms with Crippen LogP contribution in [0.3, 0.4) is 0 Å². The van der Waals surface area contributed by atoms with E-state index in [9.17, 15) is 0 Å². The van der Waals surface area contributed by atoms with Crippen LogP contribution in [0.15, 0.2) is 36.7 Å². The van der Waals surface area contributed by atoms with Crippen LogP contribution in [0.1, 0.15) is 18.1 Å². The summed E-state index contributed by atoms with van der Waals surface area (Å²) in [4.78, 5) is 2.33. The fraction of sp³-hybridized carbons (Fsp3) is 0.438. The standard InChI is InChI=1S/C16H22N4/c1-13(12-20-8-3-7-18-20)17-11-14-4-5-16-15(10-14)6-9-19(16)2/h3-5,7-8,10,13,17H,6,9,11-12H2,1-2H3. The molecule has 0 fully saturated rings. The summed E-state index contributed by atoms with van der Waals surface area (Å²) in [7, 11) is 2.16. The Morgan fingerprint density at radius 1 is 1.40 bits per heavy atom. The lowest BCUT2D eigenvalue weighted by molar-refractivity contribution is 0.451. The van der Waals surface area contributed by atoms with Gasteiger partial charge in [0.1, 0.15) is 0 Å². The third-order valence-electron chi connectivity index (χ3n) is 3.95. The quantitative estimate of drug-likeness (QED) is 0.902. The van der Waals surface area contributed by atoms with Crippen molar-refractivity contribution in [1.29, 1.82) is 0 Å². The van der Waals surface area contributed by atoms with Gasteiger partial charge in [0.15, 0.2) is 0 Å². The predicted molar refractivity (Wildman–Crippen MR) is 81.9 cm³/mol. The molecule has 0 aliphatic carbocycles. The van der Waals surface area contributed by atoms with Gasteiger partial charge in [0.05, 0.1) is 6.54 Å². The summed E-state index contributed by atoms with van der Waals surface area (Å²) >= 11 is 0. The topological polar surface area (TPSA) is 33.1 Å². The summed E-state index contributed by atoms with van der Waals surface area (Å²) in [6.07, 6.45) is 5.00. The molecule has 0 saturated carbocycles. The molecule has 20 heavy (non-hydrogen) atoms. The van der Waals surface area contributed by atoms with Gasteiger partial charge in [-0.25, -0.2) is 0 Å². The first-order chi connectivity index (χ1) is 9.72.